The molecule has 3 rings (SSSR count). The summed E-state index contributed by atoms with van der Waals surface area (Å²) in [5, 5.41) is 2.95. The zero-order valence-corrected chi connectivity index (χ0v) is 14.9. The average Bonchev–Trinajstić information content (AvgIpc) is 3.27. The molecule has 0 N–H and O–H groups in total. The minimum Gasteiger partial charge on any atom is -0.456 e. The summed E-state index contributed by atoms with van der Waals surface area (Å²) in [6, 6.07) is 7.57. The molecule has 0 saturated carbocycles. The summed E-state index contributed by atoms with van der Waals surface area (Å²) in [6.45, 7) is 3.01. The lowest BCUT2D eigenvalue weighted by Gasteiger charge is -2.15. The third-order valence-electron chi connectivity index (χ3n) is 3.95. The van der Waals surface area contributed by atoms with Crippen molar-refractivity contribution in [3.8, 4) is 0 Å². The molecule has 5 nitrogen and oxygen atoms in total. The van der Waals surface area contributed by atoms with Gasteiger partial charge in [-0.25, -0.2) is 9.78 Å². The summed E-state index contributed by atoms with van der Waals surface area (Å²) in [6.07, 6.45) is 5.52. The number of aromatic nitrogens is 1. The second-order valence-electron chi connectivity index (χ2n) is 5.77. The number of carbonyl (C=O) groups excluding carboxylic acids is 2. The van der Waals surface area contributed by atoms with E-state index in [2.05, 4.69) is 4.98 Å². The number of benzene rings is 1. The van der Waals surface area contributed by atoms with E-state index in [4.69, 9.17) is 4.74 Å². The van der Waals surface area contributed by atoms with Crippen LogP contribution in [-0.2, 0) is 27.4 Å². The highest BCUT2D eigenvalue weighted by molar-refractivity contribution is 7.09. The fourth-order valence-electron chi connectivity index (χ4n) is 2.62. The summed E-state index contributed by atoms with van der Waals surface area (Å²) in [7, 11) is 0. The van der Waals surface area contributed by atoms with Crippen LogP contribution in [0.2, 0.25) is 0 Å². The number of anilines is 1. The fourth-order valence-corrected chi connectivity index (χ4v) is 3.35. The van der Waals surface area contributed by atoms with Crippen LogP contribution < -0.4 is 4.90 Å². The van der Waals surface area contributed by atoms with Gasteiger partial charge in [0.2, 0.25) is 5.91 Å². The molecule has 6 heteroatoms. The van der Waals surface area contributed by atoms with Gasteiger partial charge in [0.25, 0.3) is 0 Å². The van der Waals surface area contributed by atoms with Crippen molar-refractivity contribution in [2.45, 2.75) is 32.8 Å². The maximum atomic E-state index is 11.8. The number of nitrogens with zero attached hydrogens (tertiary/aromatic N) is 2. The van der Waals surface area contributed by atoms with Gasteiger partial charge in [0, 0.05) is 30.1 Å². The van der Waals surface area contributed by atoms with Crippen LogP contribution in [0, 0.1) is 0 Å². The zero-order valence-electron chi connectivity index (χ0n) is 14.1. The Kier molecular flexibility index (Phi) is 5.60. The molecule has 0 bridgehead atoms. The minimum absolute atomic E-state index is 0.167. The molecule has 1 aliphatic heterocycles. The maximum absolute atomic E-state index is 11.8. The van der Waals surface area contributed by atoms with E-state index in [0.29, 0.717) is 6.42 Å². The number of ether oxygens (including phenoxy) is 1. The van der Waals surface area contributed by atoms with E-state index in [1.54, 1.807) is 22.3 Å². The Labute approximate surface area is 150 Å². The van der Waals surface area contributed by atoms with Crippen molar-refractivity contribution in [3.63, 3.8) is 0 Å². The summed E-state index contributed by atoms with van der Waals surface area (Å²) in [5.41, 5.74) is 2.56. The summed E-state index contributed by atoms with van der Waals surface area (Å²) in [4.78, 5) is 29.7. The van der Waals surface area contributed by atoms with Gasteiger partial charge < -0.3 is 9.64 Å². The van der Waals surface area contributed by atoms with Crippen LogP contribution in [0.1, 0.15) is 36.0 Å². The average molecular weight is 356 g/mol. The minimum atomic E-state index is -0.398. The molecule has 0 radical (unpaired) electrons. The van der Waals surface area contributed by atoms with Gasteiger partial charge in [-0.1, -0.05) is 19.1 Å². The number of hydrogen-bond acceptors (Lipinski definition) is 5. The van der Waals surface area contributed by atoms with Gasteiger partial charge in [-0.15, -0.1) is 11.3 Å². The van der Waals surface area contributed by atoms with Gasteiger partial charge >= 0.3 is 5.97 Å². The molecule has 1 saturated heterocycles. The van der Waals surface area contributed by atoms with E-state index in [-0.39, 0.29) is 12.5 Å². The van der Waals surface area contributed by atoms with Crippen LogP contribution in [0.15, 0.2) is 35.7 Å². The number of thiazole rings is 1. The van der Waals surface area contributed by atoms with E-state index >= 15 is 0 Å². The van der Waals surface area contributed by atoms with Gasteiger partial charge in [0.15, 0.2) is 0 Å². The number of amides is 1. The molecule has 0 spiro atoms. The Morgan fingerprint density at radius 3 is 2.80 bits per heavy atom. The number of esters is 1. The SMILES string of the molecule is CCc1nc(COC(=O)/C=C/c2ccc(N3CCCC3=O)cc2)cs1. The third-order valence-corrected chi connectivity index (χ3v) is 5.00. The molecule has 0 unspecified atom stereocenters. The molecule has 0 atom stereocenters. The van der Waals surface area contributed by atoms with Gasteiger partial charge in [0.05, 0.1) is 10.7 Å². The number of rotatable bonds is 6. The molecule has 1 aliphatic rings. The van der Waals surface area contributed by atoms with Crippen LogP contribution >= 0.6 is 11.3 Å². The topological polar surface area (TPSA) is 59.5 Å². The first kappa shape index (κ1) is 17.4. The number of aryl methyl sites for hydroxylation is 1. The predicted molar refractivity (Wildman–Crippen MR) is 98.4 cm³/mol. The summed E-state index contributed by atoms with van der Waals surface area (Å²) in [5.74, 6) is -0.231. The summed E-state index contributed by atoms with van der Waals surface area (Å²) >= 11 is 1.57. The third kappa shape index (κ3) is 4.54. The second-order valence-corrected chi connectivity index (χ2v) is 6.71. The van der Waals surface area contributed by atoms with Crippen LogP contribution in [0.5, 0.6) is 0 Å². The highest BCUT2D eigenvalue weighted by atomic mass is 32.1. The van der Waals surface area contributed by atoms with Crippen molar-refractivity contribution >= 4 is 35.0 Å². The van der Waals surface area contributed by atoms with Gasteiger partial charge in [-0.05, 0) is 36.6 Å². The Morgan fingerprint density at radius 1 is 1.36 bits per heavy atom. The number of carbonyl (C=O) groups is 2. The van der Waals surface area contributed by atoms with Gasteiger partial charge in [-0.2, -0.15) is 0 Å². The molecule has 130 valence electrons. The Morgan fingerprint density at radius 2 is 2.16 bits per heavy atom. The zero-order chi connectivity index (χ0) is 17.6. The molecule has 1 amide bonds. The molecule has 1 aromatic heterocycles. The number of hydrogen-bond donors (Lipinski definition) is 0. The van der Waals surface area contributed by atoms with Crippen LogP contribution in [0.25, 0.3) is 6.08 Å². The lowest BCUT2D eigenvalue weighted by Crippen LogP contribution is -2.23. The summed E-state index contributed by atoms with van der Waals surface area (Å²) < 4.78 is 5.19. The van der Waals surface area contributed by atoms with Crippen molar-refractivity contribution in [2.24, 2.45) is 0 Å². The van der Waals surface area contributed by atoms with Crippen molar-refractivity contribution in [3.05, 3.63) is 52.0 Å². The monoisotopic (exact) mass is 356 g/mol. The Balaban J connectivity index is 1.52. The lowest BCUT2D eigenvalue weighted by atomic mass is 10.2. The second kappa shape index (κ2) is 8.07. The van der Waals surface area contributed by atoms with E-state index < -0.39 is 5.97 Å². The fraction of sp³-hybridized carbons (Fsp3) is 0.316. The van der Waals surface area contributed by atoms with Crippen LogP contribution in [0.4, 0.5) is 5.69 Å². The molecule has 1 aromatic carbocycles. The van der Waals surface area contributed by atoms with E-state index in [0.717, 1.165) is 41.3 Å². The Hall–Kier alpha value is -2.47. The molecule has 2 aromatic rings. The van der Waals surface area contributed by atoms with Crippen molar-refractivity contribution < 1.29 is 14.3 Å². The highest BCUT2D eigenvalue weighted by Gasteiger charge is 2.21. The molecule has 1 fully saturated rings. The molecular formula is C19H20N2O3S. The van der Waals surface area contributed by atoms with Crippen molar-refractivity contribution in [1.29, 1.82) is 0 Å². The molecule has 2 heterocycles. The molecular weight excluding hydrogens is 336 g/mol. The molecule has 0 aliphatic carbocycles. The van der Waals surface area contributed by atoms with Gasteiger partial charge in [0.1, 0.15) is 6.61 Å². The van der Waals surface area contributed by atoms with Crippen LogP contribution in [0.3, 0.4) is 0 Å². The Bertz CT molecular complexity index is 780. The van der Waals surface area contributed by atoms with Crippen molar-refractivity contribution in [1.82, 2.24) is 4.98 Å². The van der Waals surface area contributed by atoms with Crippen LogP contribution in [-0.4, -0.2) is 23.4 Å². The largest absolute Gasteiger partial charge is 0.456 e. The van der Waals surface area contributed by atoms with E-state index in [1.807, 2.05) is 36.6 Å². The molecule has 25 heavy (non-hydrogen) atoms. The smallest absolute Gasteiger partial charge is 0.331 e. The first-order valence-corrected chi connectivity index (χ1v) is 9.22. The maximum Gasteiger partial charge on any atom is 0.331 e. The van der Waals surface area contributed by atoms with E-state index in [1.165, 1.54) is 6.08 Å². The van der Waals surface area contributed by atoms with Gasteiger partial charge in [-0.3, -0.25) is 4.79 Å². The quantitative estimate of drug-likeness (QED) is 0.586. The first-order valence-electron chi connectivity index (χ1n) is 8.34. The van der Waals surface area contributed by atoms with E-state index in [9.17, 15) is 9.59 Å². The predicted octanol–water partition coefficient (Wildman–Crippen LogP) is 3.59. The highest BCUT2D eigenvalue weighted by Crippen LogP contribution is 2.22. The normalized spacial score (nSPS) is 14.4. The van der Waals surface area contributed by atoms with Crippen molar-refractivity contribution in [2.75, 3.05) is 11.4 Å². The first-order chi connectivity index (χ1) is 12.2. The standard InChI is InChI=1S/C19H20N2O3S/c1-2-17-20-15(13-25-17)12-24-19(23)10-7-14-5-8-16(9-6-14)21-11-3-4-18(21)22/h5-10,13H,2-4,11-12H2,1H3/b10-7+. The lowest BCUT2D eigenvalue weighted by molar-refractivity contribution is -0.139.